The molecule has 0 spiro atoms. The Morgan fingerprint density at radius 2 is 1.82 bits per heavy atom. The van der Waals surface area contributed by atoms with E-state index in [2.05, 4.69) is 10.6 Å². The molecule has 0 heterocycles. The van der Waals surface area contributed by atoms with E-state index in [1.165, 1.54) is 0 Å². The van der Waals surface area contributed by atoms with E-state index in [4.69, 9.17) is 10.2 Å². The lowest BCUT2D eigenvalue weighted by Gasteiger charge is -2.19. The zero-order valence-corrected chi connectivity index (χ0v) is 10.6. The Morgan fingerprint density at radius 3 is 2.24 bits per heavy atom. The average Bonchev–Trinajstić information content (AvgIpc) is 2.22. The fourth-order valence-corrected chi connectivity index (χ4v) is 1.41. The lowest BCUT2D eigenvalue weighted by Crippen LogP contribution is -2.46. The van der Waals surface area contributed by atoms with Crippen LogP contribution < -0.4 is 10.6 Å². The highest BCUT2D eigenvalue weighted by Gasteiger charge is 2.23. The van der Waals surface area contributed by atoms with Crippen LogP contribution in [0.2, 0.25) is 0 Å². The molecule has 0 aromatic rings. The van der Waals surface area contributed by atoms with Crippen LogP contribution in [0, 0.1) is 5.92 Å². The van der Waals surface area contributed by atoms with Gasteiger partial charge in [-0.1, -0.05) is 13.8 Å². The van der Waals surface area contributed by atoms with Crippen molar-refractivity contribution in [2.24, 2.45) is 5.92 Å². The molecule has 6 heteroatoms. The van der Waals surface area contributed by atoms with Crippen molar-refractivity contribution in [3.05, 3.63) is 0 Å². The van der Waals surface area contributed by atoms with Crippen molar-refractivity contribution in [3.63, 3.8) is 0 Å². The van der Waals surface area contributed by atoms with E-state index in [0.29, 0.717) is 6.54 Å². The van der Waals surface area contributed by atoms with E-state index in [1.807, 2.05) is 0 Å². The van der Waals surface area contributed by atoms with E-state index in [0.717, 1.165) is 0 Å². The normalized spacial score (nSPS) is 14.4. The minimum atomic E-state index is -1.02. The summed E-state index contributed by atoms with van der Waals surface area (Å²) in [5.74, 6) is -1.48. The number of carbonyl (C=O) groups is 2. The molecule has 4 N–H and O–H groups in total. The summed E-state index contributed by atoms with van der Waals surface area (Å²) in [7, 11) is 0. The summed E-state index contributed by atoms with van der Waals surface area (Å²) < 4.78 is 0. The molecule has 0 fully saturated rings. The molecule has 0 aliphatic rings. The first kappa shape index (κ1) is 15.9. The van der Waals surface area contributed by atoms with Crippen molar-refractivity contribution in [2.75, 3.05) is 13.2 Å². The Bertz CT molecular complexity index is 256. The summed E-state index contributed by atoms with van der Waals surface area (Å²) in [6.07, 6.45) is 0.191. The summed E-state index contributed by atoms with van der Waals surface area (Å²) in [5, 5.41) is 22.9. The molecule has 0 saturated carbocycles. The van der Waals surface area contributed by atoms with Crippen molar-refractivity contribution in [1.82, 2.24) is 10.6 Å². The molecule has 0 bridgehead atoms. The topological polar surface area (TPSA) is 98.7 Å². The van der Waals surface area contributed by atoms with Crippen LogP contribution in [0.25, 0.3) is 0 Å². The van der Waals surface area contributed by atoms with Crippen LogP contribution in [0.4, 0.5) is 0 Å². The van der Waals surface area contributed by atoms with Gasteiger partial charge in [0.05, 0.1) is 6.61 Å². The molecule has 0 aromatic carbocycles. The van der Waals surface area contributed by atoms with Crippen molar-refractivity contribution in [1.29, 1.82) is 0 Å². The van der Waals surface area contributed by atoms with Crippen molar-refractivity contribution < 1.29 is 19.8 Å². The second-order valence-electron chi connectivity index (χ2n) is 4.41. The van der Waals surface area contributed by atoms with Gasteiger partial charge < -0.3 is 20.8 Å². The fraction of sp³-hybridized carbons (Fsp3) is 0.818. The van der Waals surface area contributed by atoms with Crippen LogP contribution in [-0.4, -0.2) is 47.3 Å². The first-order valence-corrected chi connectivity index (χ1v) is 5.74. The highest BCUT2D eigenvalue weighted by molar-refractivity contribution is 5.83. The molecule has 0 aromatic heterocycles. The van der Waals surface area contributed by atoms with E-state index in [-0.39, 0.29) is 30.9 Å². The third-order valence-electron chi connectivity index (χ3n) is 2.35. The summed E-state index contributed by atoms with van der Waals surface area (Å²) in [5.41, 5.74) is 0. The number of aliphatic hydroxyl groups is 1. The second kappa shape index (κ2) is 8.03. The monoisotopic (exact) mass is 246 g/mol. The Morgan fingerprint density at radius 1 is 1.24 bits per heavy atom. The number of aliphatic hydroxyl groups excluding tert-OH is 1. The van der Waals surface area contributed by atoms with Gasteiger partial charge in [0.1, 0.15) is 6.04 Å². The third-order valence-corrected chi connectivity index (χ3v) is 2.35. The number of amides is 1. The number of carboxylic acid groups (broad SMARTS) is 1. The lowest BCUT2D eigenvalue weighted by molar-refractivity contribution is -0.143. The number of carbonyl (C=O) groups excluding carboxylic acids is 1. The number of hydrogen-bond donors (Lipinski definition) is 4. The van der Waals surface area contributed by atoms with Gasteiger partial charge in [-0.2, -0.15) is 0 Å². The van der Waals surface area contributed by atoms with E-state index >= 15 is 0 Å². The zero-order chi connectivity index (χ0) is 13.4. The molecular weight excluding hydrogens is 224 g/mol. The minimum Gasteiger partial charge on any atom is -0.480 e. The van der Waals surface area contributed by atoms with Crippen LogP contribution in [0.3, 0.4) is 0 Å². The molecule has 1 amide bonds. The van der Waals surface area contributed by atoms with Gasteiger partial charge in [0, 0.05) is 19.0 Å². The Balaban J connectivity index is 4.10. The molecule has 0 radical (unpaired) electrons. The number of carboxylic acids is 1. The van der Waals surface area contributed by atoms with E-state index in [1.54, 1.807) is 20.8 Å². The SMILES string of the molecule is CC(CC(=O)N[C@H](C(=O)O)C(C)C)NCCO. The minimum absolute atomic E-state index is 0.00963. The molecule has 100 valence electrons. The predicted molar refractivity (Wildman–Crippen MR) is 63.6 cm³/mol. The van der Waals surface area contributed by atoms with E-state index in [9.17, 15) is 9.59 Å². The summed E-state index contributed by atoms with van der Waals surface area (Å²) in [4.78, 5) is 22.4. The number of nitrogens with one attached hydrogen (secondary N) is 2. The van der Waals surface area contributed by atoms with Crippen LogP contribution >= 0.6 is 0 Å². The van der Waals surface area contributed by atoms with Gasteiger partial charge >= 0.3 is 5.97 Å². The molecule has 0 aliphatic heterocycles. The number of hydrogen-bond acceptors (Lipinski definition) is 4. The zero-order valence-electron chi connectivity index (χ0n) is 10.6. The van der Waals surface area contributed by atoms with Gasteiger partial charge in [-0.15, -0.1) is 0 Å². The lowest BCUT2D eigenvalue weighted by atomic mass is 10.0. The molecular formula is C11H22N2O4. The first-order valence-electron chi connectivity index (χ1n) is 5.74. The van der Waals surface area contributed by atoms with Gasteiger partial charge in [0.15, 0.2) is 0 Å². The average molecular weight is 246 g/mol. The van der Waals surface area contributed by atoms with Crippen molar-refractivity contribution in [2.45, 2.75) is 39.3 Å². The van der Waals surface area contributed by atoms with Crippen molar-refractivity contribution in [3.8, 4) is 0 Å². The summed E-state index contributed by atoms with van der Waals surface area (Å²) >= 11 is 0. The maximum absolute atomic E-state index is 11.6. The molecule has 2 atom stereocenters. The highest BCUT2D eigenvalue weighted by atomic mass is 16.4. The van der Waals surface area contributed by atoms with Gasteiger partial charge in [0.2, 0.25) is 5.91 Å². The number of rotatable bonds is 8. The standard InChI is InChI=1S/C11H22N2O4/c1-7(2)10(11(16)17)13-9(15)6-8(3)12-4-5-14/h7-8,10,12,14H,4-6H2,1-3H3,(H,13,15)(H,16,17)/t8?,10-/m0/s1. The molecule has 0 rings (SSSR count). The summed E-state index contributed by atoms with van der Waals surface area (Å²) in [6, 6.07) is -0.948. The smallest absolute Gasteiger partial charge is 0.326 e. The highest BCUT2D eigenvalue weighted by Crippen LogP contribution is 2.02. The van der Waals surface area contributed by atoms with Crippen LogP contribution in [0.1, 0.15) is 27.2 Å². The van der Waals surface area contributed by atoms with Crippen LogP contribution in [-0.2, 0) is 9.59 Å². The van der Waals surface area contributed by atoms with E-state index < -0.39 is 12.0 Å². The van der Waals surface area contributed by atoms with Gasteiger partial charge in [-0.3, -0.25) is 4.79 Å². The van der Waals surface area contributed by atoms with Gasteiger partial charge in [0.25, 0.3) is 0 Å². The molecule has 0 aliphatic carbocycles. The Kier molecular flexibility index (Phi) is 7.49. The third kappa shape index (κ3) is 6.91. The van der Waals surface area contributed by atoms with Crippen LogP contribution in [0.5, 0.6) is 0 Å². The molecule has 17 heavy (non-hydrogen) atoms. The molecule has 0 saturated heterocycles. The predicted octanol–water partition coefficient (Wildman–Crippen LogP) is -0.428. The largest absolute Gasteiger partial charge is 0.480 e. The second-order valence-corrected chi connectivity index (χ2v) is 4.41. The van der Waals surface area contributed by atoms with Crippen LogP contribution in [0.15, 0.2) is 0 Å². The quantitative estimate of drug-likeness (QED) is 0.466. The molecule has 1 unspecified atom stereocenters. The first-order chi connectivity index (χ1) is 7.88. The summed E-state index contributed by atoms with van der Waals surface area (Å²) in [6.45, 7) is 5.72. The molecule has 6 nitrogen and oxygen atoms in total. The Hall–Kier alpha value is -1.14. The Labute approximate surface area is 101 Å². The number of aliphatic carboxylic acids is 1. The van der Waals surface area contributed by atoms with Gasteiger partial charge in [-0.05, 0) is 12.8 Å². The van der Waals surface area contributed by atoms with Gasteiger partial charge in [-0.25, -0.2) is 4.79 Å². The maximum Gasteiger partial charge on any atom is 0.326 e. The maximum atomic E-state index is 11.6. The van der Waals surface area contributed by atoms with Crippen molar-refractivity contribution >= 4 is 11.9 Å². The fourth-order valence-electron chi connectivity index (χ4n) is 1.41.